The maximum atomic E-state index is 12.4. The molecule has 1 aliphatic heterocycles. The quantitative estimate of drug-likeness (QED) is 0.823. The molecule has 2 aromatic rings. The van der Waals surface area contributed by atoms with Gasteiger partial charge in [-0.05, 0) is 42.8 Å². The van der Waals surface area contributed by atoms with E-state index in [4.69, 9.17) is 5.11 Å². The number of carboxylic acid groups (broad SMARTS) is 1. The molecule has 1 aliphatic rings. The third kappa shape index (κ3) is 3.61. The first kappa shape index (κ1) is 17.3. The van der Waals surface area contributed by atoms with Gasteiger partial charge in [0.05, 0.1) is 11.3 Å². The first-order valence-corrected chi connectivity index (χ1v) is 8.06. The van der Waals surface area contributed by atoms with Crippen molar-refractivity contribution in [2.24, 2.45) is 0 Å². The third-order valence-corrected chi connectivity index (χ3v) is 4.01. The fourth-order valence-electron chi connectivity index (χ4n) is 2.76. The molecule has 26 heavy (non-hydrogen) atoms. The van der Waals surface area contributed by atoms with Crippen LogP contribution in [0, 0.1) is 0 Å². The number of anilines is 2. The lowest BCUT2D eigenvalue weighted by molar-refractivity contribution is -0.129. The number of amides is 3. The van der Waals surface area contributed by atoms with E-state index >= 15 is 0 Å². The van der Waals surface area contributed by atoms with Gasteiger partial charge in [0.25, 0.3) is 5.91 Å². The minimum Gasteiger partial charge on any atom is -0.478 e. The second-order valence-electron chi connectivity index (χ2n) is 5.87. The summed E-state index contributed by atoms with van der Waals surface area (Å²) >= 11 is 0. The Hall–Kier alpha value is -3.48. The number of piperidine rings is 1. The van der Waals surface area contributed by atoms with E-state index in [1.807, 2.05) is 0 Å². The summed E-state index contributed by atoms with van der Waals surface area (Å²) in [6.07, 6.45) is 1.13. The molecule has 7 nitrogen and oxygen atoms in total. The maximum absolute atomic E-state index is 12.4. The maximum Gasteiger partial charge on any atom is 0.335 e. The molecular weight excluding hydrogens is 336 g/mol. The van der Waals surface area contributed by atoms with Crippen LogP contribution in [-0.4, -0.2) is 28.8 Å². The molecule has 0 unspecified atom stereocenters. The lowest BCUT2D eigenvalue weighted by Crippen LogP contribution is -2.40. The molecule has 132 valence electrons. The van der Waals surface area contributed by atoms with Crippen molar-refractivity contribution < 1.29 is 24.3 Å². The molecule has 3 rings (SSSR count). The molecule has 2 N–H and O–H groups in total. The predicted octanol–water partition coefficient (Wildman–Crippen LogP) is 2.68. The van der Waals surface area contributed by atoms with E-state index in [9.17, 15) is 19.2 Å². The number of hydrogen-bond donors (Lipinski definition) is 2. The first-order chi connectivity index (χ1) is 12.5. The molecule has 3 amide bonds. The van der Waals surface area contributed by atoms with E-state index in [1.165, 1.54) is 24.3 Å². The molecule has 0 atom stereocenters. The summed E-state index contributed by atoms with van der Waals surface area (Å²) in [5, 5.41) is 11.6. The van der Waals surface area contributed by atoms with Gasteiger partial charge in [0.15, 0.2) is 0 Å². The number of carbonyl (C=O) groups excluding carboxylic acids is 3. The van der Waals surface area contributed by atoms with Crippen LogP contribution in [0.5, 0.6) is 0 Å². The van der Waals surface area contributed by atoms with Gasteiger partial charge in [-0.15, -0.1) is 0 Å². The van der Waals surface area contributed by atoms with Gasteiger partial charge in [-0.25, -0.2) is 4.79 Å². The van der Waals surface area contributed by atoms with Crippen molar-refractivity contribution in [1.82, 2.24) is 0 Å². The highest BCUT2D eigenvalue weighted by atomic mass is 16.4. The fourth-order valence-corrected chi connectivity index (χ4v) is 2.76. The van der Waals surface area contributed by atoms with Gasteiger partial charge in [-0.3, -0.25) is 19.3 Å². The Morgan fingerprint density at radius 1 is 0.923 bits per heavy atom. The molecular formula is C19H16N2O5. The van der Waals surface area contributed by atoms with Crippen LogP contribution in [-0.2, 0) is 9.59 Å². The Bertz CT molecular complexity index is 890. The van der Waals surface area contributed by atoms with Gasteiger partial charge < -0.3 is 10.4 Å². The average Bonchev–Trinajstić information content (AvgIpc) is 2.62. The summed E-state index contributed by atoms with van der Waals surface area (Å²) in [5.74, 6) is -2.13. The normalized spacial score (nSPS) is 14.2. The van der Waals surface area contributed by atoms with Crippen molar-refractivity contribution in [2.75, 3.05) is 10.2 Å². The van der Waals surface area contributed by atoms with Crippen LogP contribution in [0.4, 0.5) is 11.4 Å². The fraction of sp³-hybridized carbons (Fsp3) is 0.158. The van der Waals surface area contributed by atoms with Gasteiger partial charge in [-0.1, -0.05) is 12.1 Å². The van der Waals surface area contributed by atoms with Gasteiger partial charge in [-0.2, -0.15) is 0 Å². The Morgan fingerprint density at radius 2 is 1.58 bits per heavy atom. The van der Waals surface area contributed by atoms with Gasteiger partial charge in [0, 0.05) is 24.1 Å². The van der Waals surface area contributed by atoms with Crippen molar-refractivity contribution in [3.8, 4) is 0 Å². The van der Waals surface area contributed by atoms with Crippen molar-refractivity contribution in [3.63, 3.8) is 0 Å². The van der Waals surface area contributed by atoms with E-state index in [1.54, 1.807) is 24.3 Å². The molecule has 1 saturated heterocycles. The van der Waals surface area contributed by atoms with Crippen LogP contribution in [0.15, 0.2) is 48.5 Å². The zero-order valence-corrected chi connectivity index (χ0v) is 13.8. The minimum absolute atomic E-state index is 0.0565. The summed E-state index contributed by atoms with van der Waals surface area (Å²) in [4.78, 5) is 48.6. The number of carboxylic acids is 1. The molecule has 0 bridgehead atoms. The number of aromatic carboxylic acids is 1. The summed E-state index contributed by atoms with van der Waals surface area (Å²) in [6.45, 7) is 0. The zero-order valence-electron chi connectivity index (χ0n) is 13.8. The summed E-state index contributed by atoms with van der Waals surface area (Å²) in [6, 6.07) is 12.1. The molecule has 1 heterocycles. The van der Waals surface area contributed by atoms with Crippen molar-refractivity contribution in [2.45, 2.75) is 19.3 Å². The number of nitrogens with zero attached hydrogens (tertiary/aromatic N) is 1. The van der Waals surface area contributed by atoms with Gasteiger partial charge >= 0.3 is 5.97 Å². The van der Waals surface area contributed by atoms with E-state index in [-0.39, 0.29) is 22.9 Å². The lowest BCUT2D eigenvalue weighted by atomic mass is 10.1. The number of benzene rings is 2. The SMILES string of the molecule is O=C(O)c1cccc(NC(=O)c2cccc(N3C(=O)CCCC3=O)c2)c1. The average molecular weight is 352 g/mol. The number of hydrogen-bond acceptors (Lipinski definition) is 4. The molecule has 2 aromatic carbocycles. The topological polar surface area (TPSA) is 104 Å². The Balaban J connectivity index is 1.82. The summed E-state index contributed by atoms with van der Waals surface area (Å²) < 4.78 is 0. The highest BCUT2D eigenvalue weighted by molar-refractivity contribution is 6.17. The van der Waals surface area contributed by atoms with Crippen LogP contribution >= 0.6 is 0 Å². The lowest BCUT2D eigenvalue weighted by Gasteiger charge is -2.25. The van der Waals surface area contributed by atoms with E-state index < -0.39 is 11.9 Å². The Morgan fingerprint density at radius 3 is 2.27 bits per heavy atom. The largest absolute Gasteiger partial charge is 0.478 e. The first-order valence-electron chi connectivity index (χ1n) is 8.06. The smallest absolute Gasteiger partial charge is 0.335 e. The molecule has 0 saturated carbocycles. The van der Waals surface area contributed by atoms with Crippen molar-refractivity contribution in [1.29, 1.82) is 0 Å². The molecule has 7 heteroatoms. The van der Waals surface area contributed by atoms with E-state index in [0.29, 0.717) is 30.6 Å². The van der Waals surface area contributed by atoms with Gasteiger partial charge in [0.1, 0.15) is 0 Å². The van der Waals surface area contributed by atoms with Crippen LogP contribution in [0.3, 0.4) is 0 Å². The Labute approximate surface area is 149 Å². The van der Waals surface area contributed by atoms with E-state index in [0.717, 1.165) is 4.90 Å². The molecule has 0 spiro atoms. The van der Waals surface area contributed by atoms with Gasteiger partial charge in [0.2, 0.25) is 11.8 Å². The Kier molecular flexibility index (Phi) is 4.79. The summed E-state index contributed by atoms with van der Waals surface area (Å²) in [7, 11) is 0. The molecule has 0 radical (unpaired) electrons. The van der Waals surface area contributed by atoms with Crippen LogP contribution in [0.2, 0.25) is 0 Å². The molecule has 1 fully saturated rings. The minimum atomic E-state index is -1.09. The van der Waals surface area contributed by atoms with Crippen LogP contribution in [0.1, 0.15) is 40.0 Å². The monoisotopic (exact) mass is 352 g/mol. The molecule has 0 aromatic heterocycles. The third-order valence-electron chi connectivity index (χ3n) is 4.01. The van der Waals surface area contributed by atoms with Crippen molar-refractivity contribution in [3.05, 3.63) is 59.7 Å². The number of nitrogens with one attached hydrogen (secondary N) is 1. The van der Waals surface area contributed by atoms with Crippen molar-refractivity contribution >= 4 is 35.1 Å². The highest BCUT2D eigenvalue weighted by Crippen LogP contribution is 2.23. The second kappa shape index (κ2) is 7.18. The van der Waals surface area contributed by atoms with Crippen LogP contribution in [0.25, 0.3) is 0 Å². The predicted molar refractivity (Wildman–Crippen MR) is 94.1 cm³/mol. The highest BCUT2D eigenvalue weighted by Gasteiger charge is 2.27. The zero-order chi connectivity index (χ0) is 18.7. The second-order valence-corrected chi connectivity index (χ2v) is 5.87. The van der Waals surface area contributed by atoms with E-state index in [2.05, 4.69) is 5.32 Å². The number of carbonyl (C=O) groups is 4. The number of imide groups is 1. The summed E-state index contributed by atoms with van der Waals surface area (Å²) in [5.41, 5.74) is 1.01. The standard InChI is InChI=1S/C19H16N2O5/c22-16-8-3-9-17(23)21(16)15-7-2-4-12(11-15)18(24)20-14-6-1-5-13(10-14)19(25)26/h1-2,4-7,10-11H,3,8-9H2,(H,20,24)(H,25,26). The number of rotatable bonds is 4. The van der Waals surface area contributed by atoms with Crippen LogP contribution < -0.4 is 10.2 Å². The molecule has 0 aliphatic carbocycles.